The van der Waals surface area contributed by atoms with Crippen molar-refractivity contribution in [2.45, 2.75) is 32.1 Å². The molecule has 2 rings (SSSR count). The fraction of sp³-hybridized carbons (Fsp3) is 0.917. The number of aliphatic hydroxyl groups excluding tert-OH is 1. The predicted molar refractivity (Wildman–Crippen MR) is 61.7 cm³/mol. The number of carbonyl (C=O) groups excluding carboxylic acids is 1. The van der Waals surface area contributed by atoms with E-state index in [1.54, 1.807) is 0 Å². The lowest BCUT2D eigenvalue weighted by atomic mass is 9.69. The van der Waals surface area contributed by atoms with Crippen LogP contribution in [-0.2, 0) is 4.79 Å². The van der Waals surface area contributed by atoms with Crippen LogP contribution in [0.5, 0.6) is 0 Å². The molecule has 1 aliphatic heterocycles. The molecule has 3 N–H and O–H groups in total. The molecule has 1 heterocycles. The van der Waals surface area contributed by atoms with Gasteiger partial charge in [0.05, 0.1) is 6.61 Å². The summed E-state index contributed by atoms with van der Waals surface area (Å²) < 4.78 is 0. The SMILES string of the molecule is NCCC(=O)N1CC2CCCCC2(CO)C1. The fourth-order valence-corrected chi connectivity index (χ4v) is 3.31. The molecule has 1 saturated carbocycles. The van der Waals surface area contributed by atoms with Crippen LogP contribution in [0.25, 0.3) is 0 Å². The summed E-state index contributed by atoms with van der Waals surface area (Å²) in [5.74, 6) is 0.665. The van der Waals surface area contributed by atoms with Gasteiger partial charge in [-0.15, -0.1) is 0 Å². The zero-order chi connectivity index (χ0) is 11.6. The molecule has 1 aliphatic carbocycles. The molecule has 2 fully saturated rings. The zero-order valence-electron chi connectivity index (χ0n) is 9.82. The number of aliphatic hydroxyl groups is 1. The van der Waals surface area contributed by atoms with E-state index in [1.165, 1.54) is 12.8 Å². The summed E-state index contributed by atoms with van der Waals surface area (Å²) >= 11 is 0. The lowest BCUT2D eigenvalue weighted by Crippen LogP contribution is -2.37. The molecular formula is C12H22N2O2. The summed E-state index contributed by atoms with van der Waals surface area (Å²) in [6.07, 6.45) is 5.10. The van der Waals surface area contributed by atoms with Gasteiger partial charge in [0, 0.05) is 31.5 Å². The molecule has 0 aromatic heterocycles. The monoisotopic (exact) mass is 226 g/mol. The van der Waals surface area contributed by atoms with Crippen LogP contribution in [0, 0.1) is 11.3 Å². The van der Waals surface area contributed by atoms with Crippen molar-refractivity contribution in [3.8, 4) is 0 Å². The number of rotatable bonds is 3. The van der Waals surface area contributed by atoms with Gasteiger partial charge in [-0.2, -0.15) is 0 Å². The van der Waals surface area contributed by atoms with Crippen LogP contribution < -0.4 is 5.73 Å². The number of amides is 1. The highest BCUT2D eigenvalue weighted by Crippen LogP contribution is 2.46. The first-order valence-corrected chi connectivity index (χ1v) is 6.30. The average molecular weight is 226 g/mol. The van der Waals surface area contributed by atoms with Crippen LogP contribution >= 0.6 is 0 Å². The van der Waals surface area contributed by atoms with Gasteiger partial charge in [0.15, 0.2) is 0 Å². The van der Waals surface area contributed by atoms with E-state index in [9.17, 15) is 9.90 Å². The number of carbonyl (C=O) groups is 1. The van der Waals surface area contributed by atoms with Crippen molar-refractivity contribution in [1.82, 2.24) is 4.90 Å². The lowest BCUT2D eigenvalue weighted by Gasteiger charge is -2.36. The first-order chi connectivity index (χ1) is 7.72. The number of hydrogen-bond donors (Lipinski definition) is 2. The smallest absolute Gasteiger partial charge is 0.223 e. The second-order valence-electron chi connectivity index (χ2n) is 5.28. The van der Waals surface area contributed by atoms with Gasteiger partial charge in [0.2, 0.25) is 5.91 Å². The Morgan fingerprint density at radius 2 is 2.31 bits per heavy atom. The molecule has 1 amide bonds. The highest BCUT2D eigenvalue weighted by Gasteiger charge is 2.48. The molecule has 0 aromatic rings. The Hall–Kier alpha value is -0.610. The maximum atomic E-state index is 11.8. The van der Waals surface area contributed by atoms with E-state index in [2.05, 4.69) is 0 Å². The Balaban J connectivity index is 2.04. The van der Waals surface area contributed by atoms with E-state index in [0.717, 1.165) is 25.9 Å². The Labute approximate surface area is 96.8 Å². The number of hydrogen-bond acceptors (Lipinski definition) is 3. The quantitative estimate of drug-likeness (QED) is 0.729. The van der Waals surface area contributed by atoms with Crippen LogP contribution in [0.15, 0.2) is 0 Å². The van der Waals surface area contributed by atoms with Gasteiger partial charge >= 0.3 is 0 Å². The summed E-state index contributed by atoms with van der Waals surface area (Å²) in [7, 11) is 0. The second-order valence-corrected chi connectivity index (χ2v) is 5.28. The Morgan fingerprint density at radius 1 is 1.50 bits per heavy atom. The number of nitrogens with zero attached hydrogens (tertiary/aromatic N) is 1. The zero-order valence-corrected chi connectivity index (χ0v) is 9.82. The Kier molecular flexibility index (Phi) is 3.50. The Morgan fingerprint density at radius 3 is 2.94 bits per heavy atom. The van der Waals surface area contributed by atoms with E-state index >= 15 is 0 Å². The highest BCUT2D eigenvalue weighted by molar-refractivity contribution is 5.76. The lowest BCUT2D eigenvalue weighted by molar-refractivity contribution is -0.130. The summed E-state index contributed by atoms with van der Waals surface area (Å²) in [4.78, 5) is 13.7. The van der Waals surface area contributed by atoms with Crippen molar-refractivity contribution < 1.29 is 9.90 Å². The van der Waals surface area contributed by atoms with Crippen LogP contribution in [0.4, 0.5) is 0 Å². The minimum Gasteiger partial charge on any atom is -0.396 e. The van der Waals surface area contributed by atoms with Crippen molar-refractivity contribution in [2.75, 3.05) is 26.2 Å². The minimum absolute atomic E-state index is 0.00249. The number of fused-ring (bicyclic) bond motifs is 1. The molecule has 4 heteroatoms. The summed E-state index contributed by atoms with van der Waals surface area (Å²) in [5, 5.41) is 9.62. The van der Waals surface area contributed by atoms with E-state index in [-0.39, 0.29) is 17.9 Å². The van der Waals surface area contributed by atoms with Crippen molar-refractivity contribution >= 4 is 5.91 Å². The van der Waals surface area contributed by atoms with Crippen molar-refractivity contribution in [1.29, 1.82) is 0 Å². The topological polar surface area (TPSA) is 66.6 Å². The summed E-state index contributed by atoms with van der Waals surface area (Å²) in [6.45, 7) is 2.22. The first-order valence-electron chi connectivity index (χ1n) is 6.30. The largest absolute Gasteiger partial charge is 0.396 e. The van der Waals surface area contributed by atoms with Gasteiger partial charge in [0.1, 0.15) is 0 Å². The maximum absolute atomic E-state index is 11.8. The fourth-order valence-electron chi connectivity index (χ4n) is 3.31. The van der Waals surface area contributed by atoms with Gasteiger partial charge in [-0.1, -0.05) is 12.8 Å². The predicted octanol–water partition coefficient (Wildman–Crippen LogP) is 0.346. The maximum Gasteiger partial charge on any atom is 0.223 e. The van der Waals surface area contributed by atoms with Crippen LogP contribution in [0.2, 0.25) is 0 Å². The van der Waals surface area contributed by atoms with Gasteiger partial charge < -0.3 is 15.7 Å². The van der Waals surface area contributed by atoms with Crippen molar-refractivity contribution in [3.05, 3.63) is 0 Å². The summed E-state index contributed by atoms with van der Waals surface area (Å²) in [6, 6.07) is 0. The van der Waals surface area contributed by atoms with E-state index < -0.39 is 0 Å². The molecule has 0 radical (unpaired) electrons. The van der Waals surface area contributed by atoms with Crippen LogP contribution in [0.3, 0.4) is 0 Å². The minimum atomic E-state index is 0.00249. The molecule has 2 unspecified atom stereocenters. The molecular weight excluding hydrogens is 204 g/mol. The van der Waals surface area contributed by atoms with Gasteiger partial charge in [-0.05, 0) is 18.8 Å². The number of likely N-dealkylation sites (tertiary alicyclic amines) is 1. The van der Waals surface area contributed by atoms with Crippen LogP contribution in [0.1, 0.15) is 32.1 Å². The van der Waals surface area contributed by atoms with Gasteiger partial charge in [-0.3, -0.25) is 4.79 Å². The second kappa shape index (κ2) is 4.72. The molecule has 92 valence electrons. The molecule has 2 atom stereocenters. The normalized spacial score (nSPS) is 33.9. The van der Waals surface area contributed by atoms with Gasteiger partial charge in [0.25, 0.3) is 0 Å². The molecule has 4 nitrogen and oxygen atoms in total. The number of nitrogens with two attached hydrogens (primary N) is 1. The van der Waals surface area contributed by atoms with Crippen molar-refractivity contribution in [2.24, 2.45) is 17.1 Å². The standard InChI is InChI=1S/C12H22N2O2/c13-6-4-11(16)14-7-10-3-1-2-5-12(10,8-14)9-15/h10,15H,1-9,13H2. The molecule has 2 aliphatic rings. The highest BCUT2D eigenvalue weighted by atomic mass is 16.3. The van der Waals surface area contributed by atoms with E-state index in [1.807, 2.05) is 4.90 Å². The van der Waals surface area contributed by atoms with Crippen LogP contribution in [-0.4, -0.2) is 42.2 Å². The summed E-state index contributed by atoms with van der Waals surface area (Å²) in [5.41, 5.74) is 5.41. The average Bonchev–Trinajstić information content (AvgIpc) is 2.69. The molecule has 0 bridgehead atoms. The molecule has 1 saturated heterocycles. The first kappa shape index (κ1) is 11.9. The molecule has 0 spiro atoms. The van der Waals surface area contributed by atoms with E-state index in [4.69, 9.17) is 5.73 Å². The Bertz CT molecular complexity index is 270. The van der Waals surface area contributed by atoms with E-state index in [0.29, 0.717) is 18.9 Å². The third-order valence-corrected chi connectivity index (χ3v) is 4.32. The van der Waals surface area contributed by atoms with Gasteiger partial charge in [-0.25, -0.2) is 0 Å². The third-order valence-electron chi connectivity index (χ3n) is 4.32. The van der Waals surface area contributed by atoms with Crippen molar-refractivity contribution in [3.63, 3.8) is 0 Å². The molecule has 0 aromatic carbocycles. The molecule has 16 heavy (non-hydrogen) atoms. The third kappa shape index (κ3) is 1.96.